The van der Waals surface area contributed by atoms with Crippen molar-refractivity contribution in [1.29, 1.82) is 0 Å². The highest BCUT2D eigenvalue weighted by Crippen LogP contribution is 2.43. The van der Waals surface area contributed by atoms with Gasteiger partial charge in [0.05, 0.1) is 15.7 Å². The van der Waals surface area contributed by atoms with Gasteiger partial charge in [-0.15, -0.1) is 0 Å². The minimum atomic E-state index is -2.54. The highest BCUT2D eigenvalue weighted by molar-refractivity contribution is 7.82. The Morgan fingerprint density at radius 2 is 0.730 bits per heavy atom. The number of hydrogen-bond acceptors (Lipinski definition) is 9. The molecule has 0 aromatic carbocycles. The Morgan fingerprint density at radius 3 is 0.973 bits per heavy atom. The first kappa shape index (κ1) is 36.9. The van der Waals surface area contributed by atoms with Crippen LogP contribution in [0, 0.1) is 0 Å². The van der Waals surface area contributed by atoms with E-state index in [-0.39, 0.29) is 0 Å². The average molecular weight is 599 g/mol. The first-order valence-electron chi connectivity index (χ1n) is 14.3. The molecule has 0 aromatic heterocycles. The van der Waals surface area contributed by atoms with Crippen LogP contribution in [0.4, 0.5) is 0 Å². The summed E-state index contributed by atoms with van der Waals surface area (Å²) in [6.07, 6.45) is 17.4. The van der Waals surface area contributed by atoms with Gasteiger partial charge in [-0.2, -0.15) is 37.9 Å². The Kier molecular flexibility index (Phi) is 24.8. The molecule has 0 bridgehead atoms. The zero-order valence-electron chi connectivity index (χ0n) is 23.2. The topological polar surface area (TPSA) is 78.9 Å². The lowest BCUT2D eigenvalue weighted by Gasteiger charge is -2.20. The molecular formula is C27H51O6PS3. The number of carbonyl (C=O) groups excluding carboxylic acids is 3. The smallest absolute Gasteiger partial charge is 0.374 e. The summed E-state index contributed by atoms with van der Waals surface area (Å²) >= 11 is 13.1. The van der Waals surface area contributed by atoms with Crippen molar-refractivity contribution in [3.8, 4) is 0 Å². The van der Waals surface area contributed by atoms with Crippen LogP contribution in [-0.2, 0) is 28.0 Å². The Hall–Kier alpha value is -0.110. The first-order valence-corrected chi connectivity index (χ1v) is 16.9. The van der Waals surface area contributed by atoms with Gasteiger partial charge in [-0.05, 0) is 19.3 Å². The normalized spacial score (nSPS) is 14.4. The molecule has 0 saturated carbocycles. The van der Waals surface area contributed by atoms with Crippen molar-refractivity contribution >= 4 is 64.4 Å². The van der Waals surface area contributed by atoms with E-state index in [2.05, 4.69) is 58.7 Å². The number of carbonyl (C=O) groups is 3. The van der Waals surface area contributed by atoms with Crippen molar-refractivity contribution in [3.63, 3.8) is 0 Å². The molecule has 10 heteroatoms. The molecule has 0 rings (SSSR count). The summed E-state index contributed by atoms with van der Waals surface area (Å²) in [6.45, 7) is 6.44. The van der Waals surface area contributed by atoms with Crippen LogP contribution in [0.25, 0.3) is 0 Å². The van der Waals surface area contributed by atoms with Gasteiger partial charge in [-0.3, -0.25) is 14.4 Å². The maximum atomic E-state index is 12.6. The minimum Gasteiger partial charge on any atom is -0.374 e. The molecule has 0 N–H and O–H groups in total. The zero-order chi connectivity index (χ0) is 27.9. The molecular weight excluding hydrogens is 547 g/mol. The number of unbranched alkanes of at least 4 members (excludes halogenated alkanes) is 12. The van der Waals surface area contributed by atoms with E-state index >= 15 is 0 Å². The average Bonchev–Trinajstić information content (AvgIpc) is 2.87. The predicted molar refractivity (Wildman–Crippen MR) is 164 cm³/mol. The quantitative estimate of drug-likeness (QED) is 0.0585. The van der Waals surface area contributed by atoms with Gasteiger partial charge in [-0.25, -0.2) is 0 Å². The molecule has 0 aliphatic heterocycles. The van der Waals surface area contributed by atoms with Gasteiger partial charge >= 0.3 is 26.5 Å². The molecule has 0 aliphatic carbocycles. The Bertz CT molecular complexity index is 530. The molecule has 0 fully saturated rings. The van der Waals surface area contributed by atoms with Crippen LogP contribution in [0.2, 0.25) is 0 Å². The Labute approximate surface area is 243 Å². The van der Waals surface area contributed by atoms with Crippen LogP contribution in [0.3, 0.4) is 0 Å². The van der Waals surface area contributed by atoms with Crippen LogP contribution >= 0.6 is 46.5 Å². The molecule has 0 amide bonds. The molecule has 37 heavy (non-hydrogen) atoms. The van der Waals surface area contributed by atoms with E-state index in [4.69, 9.17) is 13.6 Å². The van der Waals surface area contributed by atoms with Crippen molar-refractivity contribution in [2.75, 3.05) is 0 Å². The number of hydrogen-bond donors (Lipinski definition) is 3. The largest absolute Gasteiger partial charge is 0.537 e. The highest BCUT2D eigenvalue weighted by Gasteiger charge is 2.33. The maximum Gasteiger partial charge on any atom is 0.537 e. The van der Waals surface area contributed by atoms with Crippen molar-refractivity contribution in [3.05, 3.63) is 0 Å². The van der Waals surface area contributed by atoms with Crippen molar-refractivity contribution in [2.24, 2.45) is 0 Å². The lowest BCUT2D eigenvalue weighted by Crippen LogP contribution is -2.23. The molecule has 3 unspecified atom stereocenters. The molecule has 0 aromatic rings. The van der Waals surface area contributed by atoms with Gasteiger partial charge in [0.2, 0.25) is 0 Å². The standard InChI is InChI=1S/C27H51O6PS3/c1-4-7-10-13-16-19-22(35)25(28)31-34(32-26(29)23(36)20-17-14-11-8-5-2)33-27(30)24(37)21-18-15-12-9-6-3/h22-24,35-37H,4-21H2,1-3H3. The summed E-state index contributed by atoms with van der Waals surface area (Å²) in [5.41, 5.74) is 0. The van der Waals surface area contributed by atoms with Crippen molar-refractivity contribution in [2.45, 2.75) is 152 Å². The molecule has 3 atom stereocenters. The third-order valence-electron chi connectivity index (χ3n) is 6.05. The molecule has 6 nitrogen and oxygen atoms in total. The third-order valence-corrected chi connectivity index (χ3v) is 8.45. The molecule has 0 spiro atoms. The van der Waals surface area contributed by atoms with E-state index in [0.29, 0.717) is 19.3 Å². The highest BCUT2D eigenvalue weighted by atomic mass is 32.1. The summed E-state index contributed by atoms with van der Waals surface area (Å²) in [7, 11) is -2.54. The fourth-order valence-corrected chi connectivity index (χ4v) is 5.53. The lowest BCUT2D eigenvalue weighted by molar-refractivity contribution is -0.141. The van der Waals surface area contributed by atoms with Crippen LogP contribution < -0.4 is 0 Å². The summed E-state index contributed by atoms with van der Waals surface area (Å²) < 4.78 is 16.0. The molecule has 218 valence electrons. The fourth-order valence-electron chi connectivity index (χ4n) is 3.64. The van der Waals surface area contributed by atoms with Crippen molar-refractivity contribution < 1.29 is 28.0 Å². The summed E-state index contributed by atoms with van der Waals surface area (Å²) in [6, 6.07) is 0. The first-order chi connectivity index (χ1) is 17.8. The molecule has 0 radical (unpaired) electrons. The second kappa shape index (κ2) is 24.9. The minimum absolute atomic E-state index is 0.538. The Morgan fingerprint density at radius 1 is 0.486 bits per heavy atom. The van der Waals surface area contributed by atoms with Gasteiger partial charge in [0.25, 0.3) is 0 Å². The Balaban J connectivity index is 4.91. The van der Waals surface area contributed by atoms with E-state index in [9.17, 15) is 14.4 Å². The van der Waals surface area contributed by atoms with Gasteiger partial charge in [-0.1, -0.05) is 117 Å². The second-order valence-electron chi connectivity index (χ2n) is 9.61. The summed E-state index contributed by atoms with van der Waals surface area (Å²) in [4.78, 5) is 37.9. The van der Waals surface area contributed by atoms with E-state index in [1.165, 1.54) is 0 Å². The molecule has 0 aliphatic rings. The predicted octanol–water partition coefficient (Wildman–Crippen LogP) is 8.82. The summed E-state index contributed by atoms with van der Waals surface area (Å²) in [5, 5.41) is -2.04. The van der Waals surface area contributed by atoms with E-state index < -0.39 is 42.3 Å². The monoisotopic (exact) mass is 598 g/mol. The number of thiol groups is 3. The second-order valence-corrected chi connectivity index (χ2v) is 12.5. The molecule has 0 saturated heterocycles. The van der Waals surface area contributed by atoms with Crippen LogP contribution in [-0.4, -0.2) is 33.7 Å². The van der Waals surface area contributed by atoms with Gasteiger partial charge in [0.15, 0.2) is 0 Å². The number of rotatable bonds is 24. The third kappa shape index (κ3) is 20.5. The van der Waals surface area contributed by atoms with Crippen LogP contribution in [0.15, 0.2) is 0 Å². The van der Waals surface area contributed by atoms with E-state index in [1.807, 2.05) is 0 Å². The van der Waals surface area contributed by atoms with E-state index in [0.717, 1.165) is 96.3 Å². The fraction of sp³-hybridized carbons (Fsp3) is 0.889. The lowest BCUT2D eigenvalue weighted by atomic mass is 10.1. The zero-order valence-corrected chi connectivity index (χ0v) is 26.8. The van der Waals surface area contributed by atoms with E-state index in [1.54, 1.807) is 0 Å². The van der Waals surface area contributed by atoms with Gasteiger partial charge in [0, 0.05) is 0 Å². The van der Waals surface area contributed by atoms with Crippen LogP contribution in [0.1, 0.15) is 136 Å². The maximum absolute atomic E-state index is 12.6. The molecule has 0 heterocycles. The van der Waals surface area contributed by atoms with Gasteiger partial charge < -0.3 is 13.6 Å². The van der Waals surface area contributed by atoms with Crippen LogP contribution in [0.5, 0.6) is 0 Å². The SMILES string of the molecule is CCCCCCCC(S)C(=O)OP(OC(=O)C(S)CCCCCCC)OC(=O)C(S)CCCCCCC. The van der Waals surface area contributed by atoms with Gasteiger partial charge in [0.1, 0.15) is 0 Å². The van der Waals surface area contributed by atoms with Crippen molar-refractivity contribution in [1.82, 2.24) is 0 Å². The summed E-state index contributed by atoms with van der Waals surface area (Å²) in [5.74, 6) is -1.97.